The molecule has 1 heterocycles. The van der Waals surface area contributed by atoms with E-state index >= 15 is 0 Å². The topological polar surface area (TPSA) is 18.8 Å². The van der Waals surface area contributed by atoms with Crippen molar-refractivity contribution in [2.75, 3.05) is 27.2 Å². The summed E-state index contributed by atoms with van der Waals surface area (Å²) in [6, 6.07) is 21.0. The van der Waals surface area contributed by atoms with Crippen molar-refractivity contribution in [3.8, 4) is 0 Å². The first-order valence-electron chi connectivity index (χ1n) is 7.35. The van der Waals surface area contributed by atoms with Crippen LogP contribution in [-0.2, 0) is 0 Å². The van der Waals surface area contributed by atoms with Gasteiger partial charge in [-0.3, -0.25) is 0 Å². The van der Waals surface area contributed by atoms with Crippen LogP contribution in [0.2, 0.25) is 0 Å². The van der Waals surface area contributed by atoms with E-state index < -0.39 is 0 Å². The lowest BCUT2D eigenvalue weighted by molar-refractivity contribution is 0.553. The quantitative estimate of drug-likeness (QED) is 0.864. The molecule has 0 aliphatic carbocycles. The van der Waals surface area contributed by atoms with Gasteiger partial charge in [0.1, 0.15) is 6.04 Å². The van der Waals surface area contributed by atoms with Crippen LogP contribution in [-0.4, -0.2) is 42.9 Å². The van der Waals surface area contributed by atoms with Crippen molar-refractivity contribution in [1.29, 1.82) is 0 Å². The van der Waals surface area contributed by atoms with Gasteiger partial charge in [-0.25, -0.2) is 4.99 Å². The van der Waals surface area contributed by atoms with Crippen molar-refractivity contribution in [2.24, 2.45) is 4.99 Å². The monoisotopic (exact) mass is 315 g/mol. The number of hydrogen-bond acceptors (Lipinski definition) is 1. The maximum absolute atomic E-state index is 5.05. The van der Waals surface area contributed by atoms with Crippen molar-refractivity contribution >= 4 is 18.4 Å². The molecule has 0 unspecified atom stereocenters. The van der Waals surface area contributed by atoms with Gasteiger partial charge < -0.3 is 9.80 Å². The number of likely N-dealkylation sites (N-methyl/N-ethyl adjacent to an activating group) is 2. The summed E-state index contributed by atoms with van der Waals surface area (Å²) in [5.41, 5.74) is 2.45. The standard InChI is InChI=1S/C18H21N3.ClH/c1-20-13-14-21(2)18(20)19-17(15-9-5-3-6-10-15)16-11-7-4-8-12-16;/h3-12,17H,13-14H2,1-2H3;1H. The average Bonchev–Trinajstić information content (AvgIpc) is 2.85. The number of nitrogens with zero attached hydrogens (tertiary/aromatic N) is 3. The highest BCUT2D eigenvalue weighted by atomic mass is 35.5. The van der Waals surface area contributed by atoms with Gasteiger partial charge >= 0.3 is 0 Å². The summed E-state index contributed by atoms with van der Waals surface area (Å²) in [6.45, 7) is 2.07. The molecule has 0 saturated carbocycles. The fourth-order valence-corrected chi connectivity index (χ4v) is 2.72. The summed E-state index contributed by atoms with van der Waals surface area (Å²) in [7, 11) is 4.21. The fraction of sp³-hybridized carbons (Fsp3) is 0.278. The Morgan fingerprint density at radius 2 is 1.18 bits per heavy atom. The predicted molar refractivity (Wildman–Crippen MR) is 94.7 cm³/mol. The van der Waals surface area contributed by atoms with Gasteiger partial charge in [0.25, 0.3) is 0 Å². The Labute approximate surface area is 138 Å². The summed E-state index contributed by atoms with van der Waals surface area (Å²) in [4.78, 5) is 9.49. The highest BCUT2D eigenvalue weighted by molar-refractivity contribution is 5.85. The zero-order chi connectivity index (χ0) is 14.7. The second kappa shape index (κ2) is 7.32. The molecule has 0 bridgehead atoms. The molecule has 2 aromatic rings. The second-order valence-electron chi connectivity index (χ2n) is 5.50. The smallest absolute Gasteiger partial charge is 0.197 e. The van der Waals surface area contributed by atoms with Gasteiger partial charge in [0.15, 0.2) is 5.96 Å². The van der Waals surface area contributed by atoms with Crippen LogP contribution in [0.4, 0.5) is 0 Å². The van der Waals surface area contributed by atoms with E-state index in [0.29, 0.717) is 0 Å². The zero-order valence-corrected chi connectivity index (χ0v) is 13.8. The van der Waals surface area contributed by atoms with E-state index in [2.05, 4.69) is 72.4 Å². The minimum Gasteiger partial charge on any atom is -0.344 e. The summed E-state index contributed by atoms with van der Waals surface area (Å²) >= 11 is 0. The Morgan fingerprint density at radius 3 is 1.59 bits per heavy atom. The van der Waals surface area contributed by atoms with Crippen LogP contribution >= 0.6 is 12.4 Å². The number of benzene rings is 2. The van der Waals surface area contributed by atoms with E-state index in [-0.39, 0.29) is 18.4 Å². The van der Waals surface area contributed by atoms with Crippen LogP contribution in [0.3, 0.4) is 0 Å². The van der Waals surface area contributed by atoms with Gasteiger partial charge in [0, 0.05) is 27.2 Å². The highest BCUT2D eigenvalue weighted by Crippen LogP contribution is 2.27. The Balaban J connectivity index is 0.00000176. The van der Waals surface area contributed by atoms with E-state index in [1.165, 1.54) is 11.1 Å². The number of guanidine groups is 1. The Hall–Kier alpha value is -2.00. The van der Waals surface area contributed by atoms with E-state index in [4.69, 9.17) is 4.99 Å². The molecule has 116 valence electrons. The molecule has 0 atom stereocenters. The molecule has 0 radical (unpaired) electrons. The molecule has 0 N–H and O–H groups in total. The predicted octanol–water partition coefficient (Wildman–Crippen LogP) is 3.43. The van der Waals surface area contributed by atoms with E-state index in [1.807, 2.05) is 12.1 Å². The fourth-order valence-electron chi connectivity index (χ4n) is 2.72. The van der Waals surface area contributed by atoms with Crippen LogP contribution in [0, 0.1) is 0 Å². The Bertz CT molecular complexity index is 561. The molecular formula is C18H22ClN3. The molecule has 2 aromatic carbocycles. The van der Waals surface area contributed by atoms with Gasteiger partial charge in [-0.15, -0.1) is 12.4 Å². The van der Waals surface area contributed by atoms with Gasteiger partial charge in [0.2, 0.25) is 0 Å². The lowest BCUT2D eigenvalue weighted by Gasteiger charge is -2.21. The largest absolute Gasteiger partial charge is 0.344 e. The molecule has 22 heavy (non-hydrogen) atoms. The summed E-state index contributed by atoms with van der Waals surface area (Å²) in [5.74, 6) is 1.06. The number of rotatable bonds is 3. The van der Waals surface area contributed by atoms with E-state index in [0.717, 1.165) is 19.0 Å². The molecule has 1 aliphatic heterocycles. The third-order valence-corrected chi connectivity index (χ3v) is 3.93. The number of halogens is 1. The molecule has 0 spiro atoms. The van der Waals surface area contributed by atoms with Crippen molar-refractivity contribution in [3.63, 3.8) is 0 Å². The van der Waals surface area contributed by atoms with Crippen LogP contribution < -0.4 is 0 Å². The summed E-state index contributed by atoms with van der Waals surface area (Å²) < 4.78 is 0. The van der Waals surface area contributed by atoms with Gasteiger partial charge in [0.05, 0.1) is 0 Å². The van der Waals surface area contributed by atoms with Gasteiger partial charge in [-0.1, -0.05) is 60.7 Å². The van der Waals surface area contributed by atoms with Crippen LogP contribution in [0.15, 0.2) is 65.7 Å². The highest BCUT2D eigenvalue weighted by Gasteiger charge is 2.22. The average molecular weight is 316 g/mol. The van der Waals surface area contributed by atoms with Gasteiger partial charge in [-0.05, 0) is 11.1 Å². The summed E-state index contributed by atoms with van der Waals surface area (Å²) in [5, 5.41) is 0. The van der Waals surface area contributed by atoms with Crippen molar-refractivity contribution < 1.29 is 0 Å². The maximum Gasteiger partial charge on any atom is 0.197 e. The van der Waals surface area contributed by atoms with E-state index in [1.54, 1.807) is 0 Å². The van der Waals surface area contributed by atoms with Crippen LogP contribution in [0.25, 0.3) is 0 Å². The van der Waals surface area contributed by atoms with Crippen LogP contribution in [0.1, 0.15) is 17.2 Å². The van der Waals surface area contributed by atoms with Crippen LogP contribution in [0.5, 0.6) is 0 Å². The normalized spacial score (nSPS) is 14.2. The number of hydrogen-bond donors (Lipinski definition) is 0. The third kappa shape index (κ3) is 3.42. The Kier molecular flexibility index (Phi) is 5.45. The molecule has 0 amide bonds. The number of aliphatic imine (C=N–C) groups is 1. The van der Waals surface area contributed by atoms with E-state index in [9.17, 15) is 0 Å². The molecule has 1 saturated heterocycles. The van der Waals surface area contributed by atoms with Crippen molar-refractivity contribution in [3.05, 3.63) is 71.8 Å². The maximum atomic E-state index is 5.05. The molecular weight excluding hydrogens is 294 g/mol. The lowest BCUT2D eigenvalue weighted by atomic mass is 9.99. The lowest BCUT2D eigenvalue weighted by Crippen LogP contribution is -2.29. The third-order valence-electron chi connectivity index (χ3n) is 3.93. The van der Waals surface area contributed by atoms with Gasteiger partial charge in [-0.2, -0.15) is 0 Å². The second-order valence-corrected chi connectivity index (χ2v) is 5.50. The first-order valence-corrected chi connectivity index (χ1v) is 7.35. The molecule has 0 aromatic heterocycles. The minimum atomic E-state index is 0. The van der Waals surface area contributed by atoms with Crippen molar-refractivity contribution in [1.82, 2.24) is 9.80 Å². The molecule has 1 aliphatic rings. The molecule has 3 rings (SSSR count). The molecule has 1 fully saturated rings. The first-order chi connectivity index (χ1) is 10.3. The SMILES string of the molecule is CN1CCN(C)C1=NC(c1ccccc1)c1ccccc1.Cl. The minimum absolute atomic E-state index is 0. The Morgan fingerprint density at radius 1 is 0.773 bits per heavy atom. The molecule has 3 nitrogen and oxygen atoms in total. The summed E-state index contributed by atoms with van der Waals surface area (Å²) in [6.07, 6.45) is 0. The zero-order valence-electron chi connectivity index (χ0n) is 13.0. The molecule has 4 heteroatoms. The first kappa shape index (κ1) is 16.4. The van der Waals surface area contributed by atoms with Crippen molar-refractivity contribution in [2.45, 2.75) is 6.04 Å².